The topological polar surface area (TPSA) is 84.9 Å². The Morgan fingerprint density at radius 3 is 2.46 bits per heavy atom. The van der Waals surface area contributed by atoms with E-state index in [9.17, 15) is 14.7 Å². The van der Waals surface area contributed by atoms with E-state index in [1.54, 1.807) is 17.0 Å². The standard InChI is InChI=1S/C32H40N4O3/c1-4-33-26-19-25(20-27(21-26)36-17-11-16-31(36)38)32(39)34-28(18-24-13-7-6-8-14-24)30(37)22-35(5-2)29-15-10-9-12-23(29)3/h6-10,12-15,19-21,28,30,33,37H,4-5,11,16-18,22H2,1-3H3,(H,34,39). The van der Waals surface area contributed by atoms with Gasteiger partial charge in [0.1, 0.15) is 0 Å². The highest BCUT2D eigenvalue weighted by molar-refractivity contribution is 6.00. The van der Waals surface area contributed by atoms with Gasteiger partial charge in [-0.15, -0.1) is 0 Å². The van der Waals surface area contributed by atoms with Gasteiger partial charge >= 0.3 is 0 Å². The average Bonchev–Trinajstić information content (AvgIpc) is 3.38. The van der Waals surface area contributed by atoms with Gasteiger partial charge in [-0.1, -0.05) is 48.5 Å². The molecule has 0 spiro atoms. The Labute approximate surface area is 231 Å². The molecule has 0 saturated carbocycles. The number of hydrogen-bond donors (Lipinski definition) is 3. The van der Waals surface area contributed by atoms with Crippen LogP contribution in [0.4, 0.5) is 17.1 Å². The Balaban J connectivity index is 1.59. The number of nitrogens with zero attached hydrogens (tertiary/aromatic N) is 2. The maximum absolute atomic E-state index is 13.7. The predicted molar refractivity (Wildman–Crippen MR) is 159 cm³/mol. The highest BCUT2D eigenvalue weighted by Crippen LogP contribution is 2.27. The van der Waals surface area contributed by atoms with Crippen molar-refractivity contribution in [3.05, 3.63) is 89.5 Å². The van der Waals surface area contributed by atoms with Gasteiger partial charge in [-0.3, -0.25) is 9.59 Å². The molecular formula is C32H40N4O3. The highest BCUT2D eigenvalue weighted by atomic mass is 16.3. The Morgan fingerprint density at radius 1 is 1.05 bits per heavy atom. The van der Waals surface area contributed by atoms with Gasteiger partial charge in [0.2, 0.25) is 5.91 Å². The minimum atomic E-state index is -0.815. The van der Waals surface area contributed by atoms with E-state index in [0.717, 1.165) is 41.2 Å². The van der Waals surface area contributed by atoms with Crippen LogP contribution in [0.1, 0.15) is 48.2 Å². The molecule has 1 aliphatic heterocycles. The van der Waals surface area contributed by atoms with Gasteiger partial charge in [-0.05, 0) is 69.0 Å². The van der Waals surface area contributed by atoms with Crippen LogP contribution in [0.2, 0.25) is 0 Å². The molecule has 3 aromatic rings. The van der Waals surface area contributed by atoms with E-state index in [0.29, 0.717) is 38.0 Å². The van der Waals surface area contributed by atoms with Gasteiger partial charge in [0.05, 0.1) is 12.1 Å². The first-order valence-electron chi connectivity index (χ1n) is 13.9. The Bertz CT molecular complexity index is 1260. The van der Waals surface area contributed by atoms with Crippen molar-refractivity contribution in [2.45, 2.75) is 52.2 Å². The minimum Gasteiger partial charge on any atom is -0.389 e. The molecule has 4 rings (SSSR count). The van der Waals surface area contributed by atoms with Crippen LogP contribution in [0, 0.1) is 6.92 Å². The molecule has 3 N–H and O–H groups in total. The van der Waals surface area contributed by atoms with Crippen molar-refractivity contribution in [2.24, 2.45) is 0 Å². The molecule has 2 atom stereocenters. The van der Waals surface area contributed by atoms with E-state index in [4.69, 9.17) is 0 Å². The van der Waals surface area contributed by atoms with Gasteiger partial charge in [0, 0.05) is 55.2 Å². The Kier molecular flexibility index (Phi) is 9.60. The lowest BCUT2D eigenvalue weighted by molar-refractivity contribution is -0.117. The summed E-state index contributed by atoms with van der Waals surface area (Å²) < 4.78 is 0. The SMILES string of the molecule is CCNc1cc(C(=O)NC(Cc2ccccc2)C(O)CN(CC)c2ccccc2C)cc(N2CCCC2=O)c1. The minimum absolute atomic E-state index is 0.0724. The summed E-state index contributed by atoms with van der Waals surface area (Å²) in [5.41, 5.74) is 5.21. The molecule has 3 aromatic carbocycles. The second-order valence-electron chi connectivity index (χ2n) is 10.1. The van der Waals surface area contributed by atoms with Crippen molar-refractivity contribution in [3.63, 3.8) is 0 Å². The van der Waals surface area contributed by atoms with E-state index in [1.807, 2.05) is 55.5 Å². The van der Waals surface area contributed by atoms with Crippen molar-refractivity contribution < 1.29 is 14.7 Å². The molecule has 1 fully saturated rings. The molecule has 0 radical (unpaired) electrons. The van der Waals surface area contributed by atoms with Crippen LogP contribution in [0.3, 0.4) is 0 Å². The molecular weight excluding hydrogens is 488 g/mol. The molecule has 2 amide bonds. The average molecular weight is 529 g/mol. The second-order valence-corrected chi connectivity index (χ2v) is 10.1. The van der Waals surface area contributed by atoms with Crippen LogP contribution < -0.4 is 20.4 Å². The van der Waals surface area contributed by atoms with Crippen molar-refractivity contribution >= 4 is 28.9 Å². The zero-order chi connectivity index (χ0) is 27.8. The van der Waals surface area contributed by atoms with Crippen molar-refractivity contribution in [1.29, 1.82) is 0 Å². The summed E-state index contributed by atoms with van der Waals surface area (Å²) in [5.74, 6) is -0.204. The smallest absolute Gasteiger partial charge is 0.251 e. The number of anilines is 3. The zero-order valence-electron chi connectivity index (χ0n) is 23.2. The molecule has 0 aliphatic carbocycles. The molecule has 1 aliphatic rings. The van der Waals surface area contributed by atoms with Gasteiger partial charge in [0.25, 0.3) is 5.91 Å². The number of likely N-dealkylation sites (N-methyl/N-ethyl adjacent to an activating group) is 1. The Hall–Kier alpha value is -3.84. The fraction of sp³-hybridized carbons (Fsp3) is 0.375. The molecule has 1 heterocycles. The molecule has 1 saturated heterocycles. The molecule has 7 nitrogen and oxygen atoms in total. The van der Waals surface area contributed by atoms with Crippen LogP contribution in [0.5, 0.6) is 0 Å². The lowest BCUT2D eigenvalue weighted by Crippen LogP contribution is -2.49. The van der Waals surface area contributed by atoms with Crippen LogP contribution >= 0.6 is 0 Å². The first kappa shape index (κ1) is 28.2. The number of nitrogens with one attached hydrogen (secondary N) is 2. The number of carbonyl (C=O) groups is 2. The number of para-hydroxylation sites is 1. The number of rotatable bonds is 12. The number of aliphatic hydroxyl groups excluding tert-OH is 1. The van der Waals surface area contributed by atoms with Crippen molar-refractivity contribution in [2.75, 3.05) is 41.3 Å². The van der Waals surface area contributed by atoms with Crippen molar-refractivity contribution in [1.82, 2.24) is 5.32 Å². The summed E-state index contributed by atoms with van der Waals surface area (Å²) >= 11 is 0. The maximum atomic E-state index is 13.7. The molecule has 7 heteroatoms. The number of aliphatic hydroxyl groups is 1. The van der Waals surface area contributed by atoms with E-state index in [-0.39, 0.29) is 11.8 Å². The van der Waals surface area contributed by atoms with Gasteiger partial charge in [-0.2, -0.15) is 0 Å². The monoisotopic (exact) mass is 528 g/mol. The number of amides is 2. The normalized spacial score (nSPS) is 14.7. The van der Waals surface area contributed by atoms with Crippen molar-refractivity contribution in [3.8, 4) is 0 Å². The summed E-state index contributed by atoms with van der Waals surface area (Å²) in [4.78, 5) is 30.0. The summed E-state index contributed by atoms with van der Waals surface area (Å²) in [7, 11) is 0. The van der Waals surface area contributed by atoms with Crippen LogP contribution in [0.25, 0.3) is 0 Å². The number of aryl methyl sites for hydroxylation is 1. The maximum Gasteiger partial charge on any atom is 0.251 e. The summed E-state index contributed by atoms with van der Waals surface area (Å²) in [6.45, 7) is 8.57. The van der Waals surface area contributed by atoms with Crippen LogP contribution in [0.15, 0.2) is 72.8 Å². The second kappa shape index (κ2) is 13.3. The summed E-state index contributed by atoms with van der Waals surface area (Å²) in [6.07, 6.45) is 1.01. The summed E-state index contributed by atoms with van der Waals surface area (Å²) in [5, 5.41) is 17.9. The van der Waals surface area contributed by atoms with Gasteiger partial charge in [-0.25, -0.2) is 0 Å². The van der Waals surface area contributed by atoms with Gasteiger partial charge in [0.15, 0.2) is 0 Å². The quantitative estimate of drug-likeness (QED) is 0.315. The van der Waals surface area contributed by atoms with Crippen LogP contribution in [-0.2, 0) is 11.2 Å². The predicted octanol–water partition coefficient (Wildman–Crippen LogP) is 4.78. The number of hydrogen-bond acceptors (Lipinski definition) is 5. The molecule has 2 unspecified atom stereocenters. The molecule has 0 aromatic heterocycles. The first-order valence-corrected chi connectivity index (χ1v) is 13.9. The molecule has 0 bridgehead atoms. The third-order valence-corrected chi connectivity index (χ3v) is 7.27. The van der Waals surface area contributed by atoms with Crippen LogP contribution in [-0.4, -0.2) is 55.2 Å². The largest absolute Gasteiger partial charge is 0.389 e. The number of benzene rings is 3. The van der Waals surface area contributed by atoms with E-state index in [1.165, 1.54) is 0 Å². The lowest BCUT2D eigenvalue weighted by Gasteiger charge is -2.32. The highest BCUT2D eigenvalue weighted by Gasteiger charge is 2.27. The summed E-state index contributed by atoms with van der Waals surface area (Å²) in [6, 6.07) is 23.0. The lowest BCUT2D eigenvalue weighted by atomic mass is 9.99. The third-order valence-electron chi connectivity index (χ3n) is 7.27. The van der Waals surface area contributed by atoms with E-state index in [2.05, 4.69) is 41.5 Å². The molecule has 39 heavy (non-hydrogen) atoms. The van der Waals surface area contributed by atoms with Gasteiger partial charge < -0.3 is 25.5 Å². The zero-order valence-corrected chi connectivity index (χ0v) is 23.2. The van der Waals surface area contributed by atoms with E-state index >= 15 is 0 Å². The first-order chi connectivity index (χ1) is 18.9. The Morgan fingerprint density at radius 2 is 1.79 bits per heavy atom. The molecule has 206 valence electrons. The third kappa shape index (κ3) is 7.18. The fourth-order valence-electron chi connectivity index (χ4n) is 5.20. The van der Waals surface area contributed by atoms with E-state index < -0.39 is 12.1 Å². The fourth-order valence-corrected chi connectivity index (χ4v) is 5.20. The number of carbonyl (C=O) groups excluding carboxylic acids is 2.